The number of carbonyl (C=O) groups is 2. The van der Waals surface area contributed by atoms with Crippen molar-refractivity contribution in [1.29, 1.82) is 0 Å². The summed E-state index contributed by atoms with van der Waals surface area (Å²) in [4.78, 5) is 24.1. The third-order valence-electron chi connectivity index (χ3n) is 2.47. The first-order valence-electron chi connectivity index (χ1n) is 6.90. The van der Waals surface area contributed by atoms with Crippen molar-refractivity contribution < 1.29 is 14.3 Å². The summed E-state index contributed by atoms with van der Waals surface area (Å²) >= 11 is 0. The molecule has 6 nitrogen and oxygen atoms in total. The molecule has 0 aliphatic heterocycles. The summed E-state index contributed by atoms with van der Waals surface area (Å²) in [7, 11) is 0. The van der Waals surface area contributed by atoms with Gasteiger partial charge in [0.2, 0.25) is 0 Å². The second-order valence-electron chi connectivity index (χ2n) is 5.69. The maximum Gasteiger partial charge on any atom is 0.429 e. The molecular weight excluding hydrogens is 270 g/mol. The second-order valence-corrected chi connectivity index (χ2v) is 5.69. The molecule has 0 saturated carbocycles. The molecule has 0 saturated heterocycles. The number of benzene rings is 1. The number of nitrogen functional groups attached to an aromatic ring is 1. The lowest BCUT2D eigenvalue weighted by molar-refractivity contribution is 0.0133. The van der Waals surface area contributed by atoms with E-state index in [9.17, 15) is 9.59 Å². The van der Waals surface area contributed by atoms with Gasteiger partial charge >= 0.3 is 6.09 Å². The number of rotatable bonds is 3. The van der Waals surface area contributed by atoms with E-state index in [2.05, 4.69) is 5.43 Å². The second kappa shape index (κ2) is 6.97. The zero-order valence-corrected chi connectivity index (χ0v) is 13.0. The summed E-state index contributed by atoms with van der Waals surface area (Å²) in [6, 6.07) is 6.47. The van der Waals surface area contributed by atoms with Crippen molar-refractivity contribution in [3.8, 4) is 0 Å². The van der Waals surface area contributed by atoms with Crippen LogP contribution >= 0.6 is 0 Å². The van der Waals surface area contributed by atoms with E-state index in [-0.39, 0.29) is 5.91 Å². The lowest BCUT2D eigenvalue weighted by Crippen LogP contribution is -2.48. The average molecular weight is 293 g/mol. The minimum Gasteiger partial charge on any atom is -0.442 e. The molecule has 0 spiro atoms. The van der Waals surface area contributed by atoms with E-state index in [1.54, 1.807) is 45.0 Å². The van der Waals surface area contributed by atoms with E-state index in [1.807, 2.05) is 6.92 Å². The van der Waals surface area contributed by atoms with Gasteiger partial charge in [0, 0.05) is 17.8 Å². The van der Waals surface area contributed by atoms with Crippen LogP contribution in [-0.4, -0.2) is 29.2 Å². The van der Waals surface area contributed by atoms with Crippen LogP contribution in [-0.2, 0) is 4.74 Å². The number of nitrogens with one attached hydrogen (secondary N) is 1. The highest BCUT2D eigenvalue weighted by Crippen LogP contribution is 2.10. The van der Waals surface area contributed by atoms with Crippen LogP contribution < -0.4 is 11.2 Å². The molecule has 0 unspecified atom stereocenters. The number of carbonyl (C=O) groups excluding carboxylic acids is 2. The summed E-state index contributed by atoms with van der Waals surface area (Å²) in [5.74, 6) is -0.380. The van der Waals surface area contributed by atoms with Gasteiger partial charge in [-0.3, -0.25) is 10.2 Å². The number of hydrogen-bond acceptors (Lipinski definition) is 4. The Morgan fingerprint density at radius 3 is 2.29 bits per heavy atom. The van der Waals surface area contributed by atoms with Crippen LogP contribution in [0.4, 0.5) is 10.5 Å². The fraction of sp³-hybridized carbons (Fsp3) is 0.467. The van der Waals surface area contributed by atoms with Gasteiger partial charge in [0.25, 0.3) is 5.91 Å². The topological polar surface area (TPSA) is 84.7 Å². The fourth-order valence-corrected chi connectivity index (χ4v) is 1.56. The number of hydrazine groups is 1. The van der Waals surface area contributed by atoms with E-state index < -0.39 is 11.7 Å². The highest BCUT2D eigenvalue weighted by atomic mass is 16.6. The SMILES string of the molecule is CCCN(NC(=O)c1ccc(N)cc1)C(=O)OC(C)(C)C. The molecule has 3 N–H and O–H groups in total. The average Bonchev–Trinajstić information content (AvgIpc) is 2.36. The Kier molecular flexibility index (Phi) is 5.58. The first-order chi connectivity index (χ1) is 9.73. The molecule has 2 amide bonds. The smallest absolute Gasteiger partial charge is 0.429 e. The maximum atomic E-state index is 12.1. The zero-order chi connectivity index (χ0) is 16.0. The highest BCUT2D eigenvalue weighted by molar-refractivity contribution is 5.95. The van der Waals surface area contributed by atoms with E-state index in [1.165, 1.54) is 5.01 Å². The standard InChI is InChI=1S/C15H23N3O3/c1-5-10-18(14(20)21-15(2,3)4)17-13(19)11-6-8-12(16)9-7-11/h6-9H,5,10,16H2,1-4H3,(H,17,19). The monoisotopic (exact) mass is 293 g/mol. The molecule has 1 aromatic carbocycles. The molecule has 0 bridgehead atoms. The molecule has 0 radical (unpaired) electrons. The Morgan fingerprint density at radius 1 is 1.24 bits per heavy atom. The van der Waals surface area contributed by atoms with Crippen LogP contribution in [0.5, 0.6) is 0 Å². The lowest BCUT2D eigenvalue weighted by Gasteiger charge is -2.27. The molecule has 6 heteroatoms. The minimum atomic E-state index is -0.616. The molecule has 0 aromatic heterocycles. The van der Waals surface area contributed by atoms with Gasteiger partial charge in [0.05, 0.1) is 0 Å². The van der Waals surface area contributed by atoms with Gasteiger partial charge in [-0.05, 0) is 51.5 Å². The normalized spacial score (nSPS) is 10.9. The molecule has 0 aliphatic rings. The van der Waals surface area contributed by atoms with Gasteiger partial charge in [0.1, 0.15) is 5.60 Å². The van der Waals surface area contributed by atoms with E-state index in [4.69, 9.17) is 10.5 Å². The number of hydrogen-bond donors (Lipinski definition) is 2. The molecule has 0 heterocycles. The van der Waals surface area contributed by atoms with Crippen molar-refractivity contribution in [2.75, 3.05) is 12.3 Å². The van der Waals surface area contributed by atoms with Crippen molar-refractivity contribution in [2.45, 2.75) is 39.7 Å². The van der Waals surface area contributed by atoms with Gasteiger partial charge < -0.3 is 10.5 Å². The number of nitrogens with two attached hydrogens (primary N) is 1. The number of anilines is 1. The van der Waals surface area contributed by atoms with Crippen molar-refractivity contribution in [3.05, 3.63) is 29.8 Å². The summed E-state index contributed by atoms with van der Waals surface area (Å²) in [5, 5.41) is 1.18. The molecule has 1 rings (SSSR count). The Morgan fingerprint density at radius 2 is 1.81 bits per heavy atom. The van der Waals surface area contributed by atoms with Gasteiger partial charge in [-0.2, -0.15) is 0 Å². The number of amides is 2. The Balaban J connectivity index is 2.75. The van der Waals surface area contributed by atoms with Crippen LogP contribution in [0.1, 0.15) is 44.5 Å². The minimum absolute atomic E-state index is 0.371. The highest BCUT2D eigenvalue weighted by Gasteiger charge is 2.23. The summed E-state index contributed by atoms with van der Waals surface area (Å²) in [5.41, 5.74) is 8.51. The van der Waals surface area contributed by atoms with Gasteiger partial charge in [0.15, 0.2) is 0 Å². The Labute approximate surface area is 125 Å². The summed E-state index contributed by atoms with van der Waals surface area (Å²) in [6.07, 6.45) is 0.120. The van der Waals surface area contributed by atoms with Gasteiger partial charge in [-0.25, -0.2) is 9.80 Å². The Bertz CT molecular complexity index is 492. The third-order valence-corrected chi connectivity index (χ3v) is 2.47. The summed E-state index contributed by atoms with van der Waals surface area (Å²) in [6.45, 7) is 7.60. The van der Waals surface area contributed by atoms with Crippen molar-refractivity contribution >= 4 is 17.7 Å². The molecule has 0 aliphatic carbocycles. The Hall–Kier alpha value is -2.24. The maximum absolute atomic E-state index is 12.1. The lowest BCUT2D eigenvalue weighted by atomic mass is 10.2. The van der Waals surface area contributed by atoms with Crippen molar-refractivity contribution in [3.63, 3.8) is 0 Å². The van der Waals surface area contributed by atoms with Gasteiger partial charge in [-0.1, -0.05) is 6.92 Å². The summed E-state index contributed by atoms with van der Waals surface area (Å²) < 4.78 is 5.26. The van der Waals surface area contributed by atoms with Crippen LogP contribution in [0.2, 0.25) is 0 Å². The van der Waals surface area contributed by atoms with Crippen LogP contribution in [0.15, 0.2) is 24.3 Å². The van der Waals surface area contributed by atoms with Crippen LogP contribution in [0.3, 0.4) is 0 Å². The first-order valence-corrected chi connectivity index (χ1v) is 6.90. The largest absolute Gasteiger partial charge is 0.442 e. The van der Waals surface area contributed by atoms with Crippen LogP contribution in [0.25, 0.3) is 0 Å². The predicted molar refractivity (Wildman–Crippen MR) is 81.6 cm³/mol. The molecule has 116 valence electrons. The fourth-order valence-electron chi connectivity index (χ4n) is 1.56. The number of ether oxygens (including phenoxy) is 1. The van der Waals surface area contributed by atoms with Crippen molar-refractivity contribution in [1.82, 2.24) is 10.4 Å². The van der Waals surface area contributed by atoms with E-state index in [0.717, 1.165) is 0 Å². The van der Waals surface area contributed by atoms with E-state index >= 15 is 0 Å². The quantitative estimate of drug-likeness (QED) is 0.662. The molecular formula is C15H23N3O3. The molecule has 0 atom stereocenters. The third kappa shape index (κ3) is 5.72. The first kappa shape index (κ1) is 16.8. The molecule has 0 fully saturated rings. The van der Waals surface area contributed by atoms with Crippen LogP contribution in [0, 0.1) is 0 Å². The molecule has 21 heavy (non-hydrogen) atoms. The van der Waals surface area contributed by atoms with Crippen molar-refractivity contribution in [2.24, 2.45) is 0 Å². The van der Waals surface area contributed by atoms with E-state index in [0.29, 0.717) is 24.2 Å². The predicted octanol–water partition coefficient (Wildman–Crippen LogP) is 2.56. The molecule has 1 aromatic rings. The van der Waals surface area contributed by atoms with Gasteiger partial charge in [-0.15, -0.1) is 0 Å². The zero-order valence-electron chi connectivity index (χ0n) is 13.0. The number of nitrogens with zero attached hydrogens (tertiary/aromatic N) is 1.